The van der Waals surface area contributed by atoms with Gasteiger partial charge in [0.2, 0.25) is 0 Å². The van der Waals surface area contributed by atoms with Gasteiger partial charge in [0, 0.05) is 60.1 Å². The lowest BCUT2D eigenvalue weighted by Crippen LogP contribution is -2.46. The summed E-state index contributed by atoms with van der Waals surface area (Å²) in [5.41, 5.74) is 5.61. The zero-order chi connectivity index (χ0) is 24.6. The molecule has 7 nitrogen and oxygen atoms in total. The molecule has 6 rings (SSSR count). The topological polar surface area (TPSA) is 58.5 Å². The van der Waals surface area contributed by atoms with Gasteiger partial charge in [0.15, 0.2) is 11.5 Å². The molecule has 0 spiro atoms. The summed E-state index contributed by atoms with van der Waals surface area (Å²) in [5, 5.41) is 2.34. The molecular weight excluding hydrogens is 450 g/mol. The molecule has 7 heteroatoms. The molecule has 0 bridgehead atoms. The number of hydrogen-bond donors (Lipinski definition) is 1. The van der Waals surface area contributed by atoms with E-state index in [1.165, 1.54) is 69.2 Å². The van der Waals surface area contributed by atoms with Crippen LogP contribution in [-0.4, -0.2) is 70.8 Å². The number of aromatic nitrogens is 3. The average molecular weight is 488 g/mol. The molecule has 2 fully saturated rings. The van der Waals surface area contributed by atoms with Crippen molar-refractivity contribution in [2.24, 2.45) is 7.05 Å². The van der Waals surface area contributed by atoms with Gasteiger partial charge in [-0.1, -0.05) is 6.42 Å². The molecule has 0 unspecified atom stereocenters. The van der Waals surface area contributed by atoms with Gasteiger partial charge in [0.05, 0.1) is 19.7 Å². The first kappa shape index (κ1) is 23.4. The smallest absolute Gasteiger partial charge is 0.162 e. The van der Waals surface area contributed by atoms with Crippen molar-refractivity contribution in [3.63, 3.8) is 0 Å². The number of H-pyrrole nitrogens is 1. The second-order valence-corrected chi connectivity index (χ2v) is 10.4. The second kappa shape index (κ2) is 9.79. The summed E-state index contributed by atoms with van der Waals surface area (Å²) in [5.74, 6) is 1.47. The standard InChI is InChI=1S/C29H37N5O2/c1-32-19-24(23-16-27(35-2)28(36-3)17-26(23)32)25-15-22-20(7-10-30-29(22)31-25)18-33-13-8-21(9-14-33)34-11-5-4-6-12-34/h7,10,15-17,19,21H,4-6,8-9,11-14,18H2,1-3H3,(H,30,31). The van der Waals surface area contributed by atoms with Crippen LogP contribution in [0.5, 0.6) is 11.5 Å². The molecule has 0 aliphatic carbocycles. The maximum absolute atomic E-state index is 5.59. The van der Waals surface area contributed by atoms with Crippen molar-refractivity contribution < 1.29 is 9.47 Å². The van der Waals surface area contributed by atoms with Crippen molar-refractivity contribution in [3.05, 3.63) is 42.2 Å². The predicted octanol–water partition coefficient (Wildman–Crippen LogP) is 5.19. The first-order valence-corrected chi connectivity index (χ1v) is 13.3. The van der Waals surface area contributed by atoms with Crippen LogP contribution in [-0.2, 0) is 13.6 Å². The number of aryl methyl sites for hydroxylation is 1. The Kier molecular flexibility index (Phi) is 6.36. The minimum absolute atomic E-state index is 0.736. The highest BCUT2D eigenvalue weighted by Crippen LogP contribution is 2.39. The monoisotopic (exact) mass is 487 g/mol. The highest BCUT2D eigenvalue weighted by atomic mass is 16.5. The van der Waals surface area contributed by atoms with Crippen LogP contribution in [0.4, 0.5) is 0 Å². The molecule has 0 atom stereocenters. The number of nitrogens with zero attached hydrogens (tertiary/aromatic N) is 4. The van der Waals surface area contributed by atoms with Crippen molar-refractivity contribution in [2.45, 2.75) is 44.7 Å². The largest absolute Gasteiger partial charge is 0.493 e. The normalized spacial score (nSPS) is 18.3. The van der Waals surface area contributed by atoms with Gasteiger partial charge >= 0.3 is 0 Å². The molecule has 0 saturated carbocycles. The molecule has 4 aromatic rings. The van der Waals surface area contributed by atoms with Gasteiger partial charge in [-0.15, -0.1) is 0 Å². The molecule has 2 aliphatic rings. The SMILES string of the molecule is COc1cc2c(-c3cc4c(CN5CCC(N6CCCCC6)CC5)ccnc4[nH]3)cn(C)c2cc1OC. The van der Waals surface area contributed by atoms with Gasteiger partial charge in [0.25, 0.3) is 0 Å². The summed E-state index contributed by atoms with van der Waals surface area (Å²) in [7, 11) is 5.42. The number of pyridine rings is 1. The van der Waals surface area contributed by atoms with Crippen LogP contribution in [0.2, 0.25) is 0 Å². The van der Waals surface area contributed by atoms with E-state index in [-0.39, 0.29) is 0 Å². The minimum Gasteiger partial charge on any atom is -0.493 e. The van der Waals surface area contributed by atoms with Gasteiger partial charge in [-0.3, -0.25) is 4.90 Å². The fourth-order valence-corrected chi connectivity index (χ4v) is 6.25. The number of benzene rings is 1. The van der Waals surface area contributed by atoms with Crippen molar-refractivity contribution in [3.8, 4) is 22.8 Å². The van der Waals surface area contributed by atoms with Crippen LogP contribution >= 0.6 is 0 Å². The van der Waals surface area contributed by atoms with Crippen molar-refractivity contribution >= 4 is 21.9 Å². The Labute approximate surface area is 213 Å². The number of aromatic amines is 1. The Hall–Kier alpha value is -3.03. The number of fused-ring (bicyclic) bond motifs is 2. The first-order chi connectivity index (χ1) is 17.6. The van der Waals surface area contributed by atoms with Crippen LogP contribution < -0.4 is 9.47 Å². The van der Waals surface area contributed by atoms with Crippen LogP contribution in [0.1, 0.15) is 37.7 Å². The molecule has 36 heavy (non-hydrogen) atoms. The number of methoxy groups -OCH3 is 2. The van der Waals surface area contributed by atoms with Gasteiger partial charge in [0.1, 0.15) is 5.65 Å². The Morgan fingerprint density at radius 3 is 2.44 bits per heavy atom. The van der Waals surface area contributed by atoms with Crippen LogP contribution in [0.15, 0.2) is 36.7 Å². The van der Waals surface area contributed by atoms with E-state index >= 15 is 0 Å². The minimum atomic E-state index is 0.736. The van der Waals surface area contributed by atoms with Crippen LogP contribution in [0, 0.1) is 0 Å². The number of nitrogens with one attached hydrogen (secondary N) is 1. The predicted molar refractivity (Wildman–Crippen MR) is 145 cm³/mol. The molecule has 0 radical (unpaired) electrons. The van der Waals surface area contributed by atoms with E-state index in [9.17, 15) is 0 Å². The van der Waals surface area contributed by atoms with Crippen LogP contribution in [0.25, 0.3) is 33.2 Å². The van der Waals surface area contributed by atoms with E-state index in [0.717, 1.165) is 51.9 Å². The Balaban J connectivity index is 1.26. The average Bonchev–Trinajstić information content (AvgIpc) is 3.50. The molecule has 0 amide bonds. The summed E-state index contributed by atoms with van der Waals surface area (Å²) in [4.78, 5) is 13.6. The number of hydrogen-bond acceptors (Lipinski definition) is 5. The van der Waals surface area contributed by atoms with Crippen LogP contribution in [0.3, 0.4) is 0 Å². The van der Waals surface area contributed by atoms with Crippen molar-refractivity contribution in [2.75, 3.05) is 40.4 Å². The third-order valence-corrected chi connectivity index (χ3v) is 8.27. The molecule has 2 aliphatic heterocycles. The van der Waals surface area contributed by atoms with Gasteiger partial charge < -0.3 is 23.9 Å². The molecule has 3 aromatic heterocycles. The summed E-state index contributed by atoms with van der Waals surface area (Å²) in [6.07, 6.45) is 10.8. The molecule has 5 heterocycles. The molecule has 1 N–H and O–H groups in total. The third kappa shape index (κ3) is 4.24. The zero-order valence-electron chi connectivity index (χ0n) is 21.7. The maximum Gasteiger partial charge on any atom is 0.162 e. The summed E-state index contributed by atoms with van der Waals surface area (Å²) < 4.78 is 13.3. The number of piperidine rings is 2. The third-order valence-electron chi connectivity index (χ3n) is 8.27. The fraction of sp³-hybridized carbons (Fsp3) is 0.483. The van der Waals surface area contributed by atoms with Gasteiger partial charge in [-0.25, -0.2) is 4.98 Å². The second-order valence-electron chi connectivity index (χ2n) is 10.4. The summed E-state index contributed by atoms with van der Waals surface area (Å²) in [6, 6.07) is 9.34. The fourth-order valence-electron chi connectivity index (χ4n) is 6.25. The van der Waals surface area contributed by atoms with E-state index in [0.29, 0.717) is 0 Å². The van der Waals surface area contributed by atoms with E-state index in [4.69, 9.17) is 9.47 Å². The van der Waals surface area contributed by atoms with E-state index < -0.39 is 0 Å². The Morgan fingerprint density at radius 2 is 1.69 bits per heavy atom. The lowest BCUT2D eigenvalue weighted by Gasteiger charge is -2.40. The van der Waals surface area contributed by atoms with E-state index in [2.05, 4.69) is 55.8 Å². The van der Waals surface area contributed by atoms with E-state index in [1.807, 2.05) is 12.3 Å². The lowest BCUT2D eigenvalue weighted by molar-refractivity contribution is 0.0898. The molecule has 1 aromatic carbocycles. The Morgan fingerprint density at radius 1 is 0.944 bits per heavy atom. The number of ether oxygens (including phenoxy) is 2. The molecule has 2 saturated heterocycles. The summed E-state index contributed by atoms with van der Waals surface area (Å²) in [6.45, 7) is 5.92. The number of rotatable bonds is 6. The summed E-state index contributed by atoms with van der Waals surface area (Å²) >= 11 is 0. The van der Waals surface area contributed by atoms with Crippen molar-refractivity contribution in [1.82, 2.24) is 24.3 Å². The number of likely N-dealkylation sites (tertiary alicyclic amines) is 2. The van der Waals surface area contributed by atoms with Gasteiger partial charge in [-0.2, -0.15) is 0 Å². The molecular formula is C29H37N5O2. The molecule has 190 valence electrons. The first-order valence-electron chi connectivity index (χ1n) is 13.3. The highest BCUT2D eigenvalue weighted by molar-refractivity contribution is 5.99. The lowest BCUT2D eigenvalue weighted by atomic mass is 9.99. The van der Waals surface area contributed by atoms with E-state index in [1.54, 1.807) is 14.2 Å². The zero-order valence-corrected chi connectivity index (χ0v) is 21.7. The quantitative estimate of drug-likeness (QED) is 0.406. The Bertz CT molecular complexity index is 1360. The maximum atomic E-state index is 5.59. The highest BCUT2D eigenvalue weighted by Gasteiger charge is 2.26. The van der Waals surface area contributed by atoms with Crippen molar-refractivity contribution in [1.29, 1.82) is 0 Å². The van der Waals surface area contributed by atoms with Gasteiger partial charge in [-0.05, 0) is 75.6 Å².